The summed E-state index contributed by atoms with van der Waals surface area (Å²) >= 11 is 0. The number of carbonyl (C=O) groups is 1. The van der Waals surface area contributed by atoms with Gasteiger partial charge in [0, 0.05) is 26.1 Å². The number of rotatable bonds is 5. The molecular weight excluding hydrogens is 292 g/mol. The van der Waals surface area contributed by atoms with E-state index in [1.807, 2.05) is 6.07 Å². The molecule has 126 valence electrons. The van der Waals surface area contributed by atoms with Crippen LogP contribution in [0.15, 0.2) is 30.3 Å². The molecule has 2 aliphatic heterocycles. The molecule has 3 rings (SSSR count). The third-order valence-corrected chi connectivity index (χ3v) is 4.55. The quantitative estimate of drug-likeness (QED) is 0.848. The van der Waals surface area contributed by atoms with Crippen molar-refractivity contribution in [2.75, 3.05) is 19.7 Å². The largest absolute Gasteiger partial charge is 0.350 e. The van der Waals surface area contributed by atoms with Gasteiger partial charge < -0.3 is 4.74 Å². The zero-order valence-electron chi connectivity index (χ0n) is 13.6. The van der Waals surface area contributed by atoms with Crippen LogP contribution in [-0.4, -0.2) is 36.8 Å². The minimum absolute atomic E-state index is 0.00365. The molecule has 2 heterocycles. The molecule has 2 fully saturated rings. The second kappa shape index (κ2) is 8.43. The molecule has 1 aromatic carbocycles. The summed E-state index contributed by atoms with van der Waals surface area (Å²) in [5.41, 5.74) is 3.91. The zero-order chi connectivity index (χ0) is 15.9. The number of ether oxygens (including phenoxy) is 1. The maximum absolute atomic E-state index is 12.3. The van der Waals surface area contributed by atoms with Crippen LogP contribution < -0.4 is 5.48 Å². The van der Waals surface area contributed by atoms with Crippen LogP contribution in [0.4, 0.5) is 0 Å². The Labute approximate surface area is 137 Å². The van der Waals surface area contributed by atoms with E-state index in [4.69, 9.17) is 9.57 Å². The summed E-state index contributed by atoms with van der Waals surface area (Å²) in [6.45, 7) is 3.45. The Morgan fingerprint density at radius 1 is 1.22 bits per heavy atom. The molecule has 23 heavy (non-hydrogen) atoms. The number of hydroxylamine groups is 1. The second-order valence-corrected chi connectivity index (χ2v) is 6.44. The number of hydrogen-bond acceptors (Lipinski definition) is 4. The van der Waals surface area contributed by atoms with Gasteiger partial charge >= 0.3 is 0 Å². The maximum Gasteiger partial charge on any atom is 0.248 e. The summed E-state index contributed by atoms with van der Waals surface area (Å²) in [4.78, 5) is 20.1. The van der Waals surface area contributed by atoms with Crippen LogP contribution in [0.25, 0.3) is 0 Å². The van der Waals surface area contributed by atoms with Crippen molar-refractivity contribution in [2.24, 2.45) is 5.92 Å². The van der Waals surface area contributed by atoms with Crippen molar-refractivity contribution in [3.05, 3.63) is 35.9 Å². The number of hydrogen-bond donors (Lipinski definition) is 1. The normalized spacial score (nSPS) is 25.9. The molecule has 0 spiro atoms. The van der Waals surface area contributed by atoms with Crippen molar-refractivity contribution in [1.29, 1.82) is 0 Å². The highest BCUT2D eigenvalue weighted by Crippen LogP contribution is 2.19. The maximum atomic E-state index is 12.3. The monoisotopic (exact) mass is 318 g/mol. The van der Waals surface area contributed by atoms with Gasteiger partial charge in [0.05, 0.1) is 5.92 Å². The topological polar surface area (TPSA) is 50.8 Å². The smallest absolute Gasteiger partial charge is 0.248 e. The summed E-state index contributed by atoms with van der Waals surface area (Å²) in [7, 11) is 0. The van der Waals surface area contributed by atoms with Crippen molar-refractivity contribution < 1.29 is 14.4 Å². The van der Waals surface area contributed by atoms with E-state index in [1.54, 1.807) is 0 Å². The third kappa shape index (κ3) is 5.03. The fraction of sp³-hybridized carbons (Fsp3) is 0.611. The Balaban J connectivity index is 1.44. The van der Waals surface area contributed by atoms with E-state index in [9.17, 15) is 4.79 Å². The van der Waals surface area contributed by atoms with Crippen LogP contribution in [0.3, 0.4) is 0 Å². The van der Waals surface area contributed by atoms with Gasteiger partial charge in [0.25, 0.3) is 0 Å². The highest BCUT2D eigenvalue weighted by Gasteiger charge is 2.27. The lowest BCUT2D eigenvalue weighted by Crippen LogP contribution is -2.44. The standard InChI is InChI=1S/C18H26N2O3/c21-18(19-23-17-10-4-5-12-22-17)16-9-6-11-20(14-16)13-15-7-2-1-3-8-15/h1-3,7-8,16-17H,4-6,9-14H2,(H,19,21). The number of benzene rings is 1. The Morgan fingerprint density at radius 3 is 2.87 bits per heavy atom. The number of piperidine rings is 1. The summed E-state index contributed by atoms with van der Waals surface area (Å²) in [5.74, 6) is -0.0204. The van der Waals surface area contributed by atoms with Crippen LogP contribution in [-0.2, 0) is 20.9 Å². The Hall–Kier alpha value is -1.43. The van der Waals surface area contributed by atoms with Crippen LogP contribution in [0.1, 0.15) is 37.7 Å². The van der Waals surface area contributed by atoms with Crippen molar-refractivity contribution in [2.45, 2.75) is 44.9 Å². The minimum atomic E-state index is -0.281. The summed E-state index contributed by atoms with van der Waals surface area (Å²) in [5, 5.41) is 0. The predicted molar refractivity (Wildman–Crippen MR) is 87.3 cm³/mol. The van der Waals surface area contributed by atoms with E-state index in [1.165, 1.54) is 5.56 Å². The first-order valence-electron chi connectivity index (χ1n) is 8.64. The van der Waals surface area contributed by atoms with Crippen molar-refractivity contribution >= 4 is 5.91 Å². The predicted octanol–water partition coefficient (Wildman–Crippen LogP) is 2.47. The summed E-state index contributed by atoms with van der Waals surface area (Å²) in [6, 6.07) is 10.4. The van der Waals surface area contributed by atoms with Gasteiger partial charge in [0.2, 0.25) is 5.91 Å². The molecule has 2 aliphatic rings. The van der Waals surface area contributed by atoms with E-state index in [0.717, 1.165) is 58.3 Å². The Morgan fingerprint density at radius 2 is 2.09 bits per heavy atom. The van der Waals surface area contributed by atoms with Crippen molar-refractivity contribution in [3.8, 4) is 0 Å². The van der Waals surface area contributed by atoms with E-state index < -0.39 is 0 Å². The highest BCUT2D eigenvalue weighted by atomic mass is 16.8. The van der Waals surface area contributed by atoms with Gasteiger partial charge in [0.15, 0.2) is 6.29 Å². The van der Waals surface area contributed by atoms with E-state index in [-0.39, 0.29) is 18.1 Å². The first-order chi connectivity index (χ1) is 11.3. The second-order valence-electron chi connectivity index (χ2n) is 6.44. The molecule has 0 aliphatic carbocycles. The molecule has 5 nitrogen and oxygen atoms in total. The molecule has 2 saturated heterocycles. The number of nitrogens with one attached hydrogen (secondary N) is 1. The minimum Gasteiger partial charge on any atom is -0.350 e. The lowest BCUT2D eigenvalue weighted by molar-refractivity contribution is -0.202. The van der Waals surface area contributed by atoms with E-state index in [0.29, 0.717) is 0 Å². The third-order valence-electron chi connectivity index (χ3n) is 4.55. The molecule has 0 aromatic heterocycles. The summed E-state index contributed by atoms with van der Waals surface area (Å²) in [6.07, 6.45) is 4.71. The van der Waals surface area contributed by atoms with Crippen LogP contribution >= 0.6 is 0 Å². The van der Waals surface area contributed by atoms with Crippen LogP contribution in [0, 0.1) is 5.92 Å². The molecule has 2 unspecified atom stereocenters. The van der Waals surface area contributed by atoms with Gasteiger partial charge in [-0.15, -0.1) is 0 Å². The number of carbonyl (C=O) groups excluding carboxylic acids is 1. The molecule has 1 aromatic rings. The highest BCUT2D eigenvalue weighted by molar-refractivity contribution is 5.77. The van der Waals surface area contributed by atoms with Gasteiger partial charge in [-0.2, -0.15) is 0 Å². The Bertz CT molecular complexity index is 488. The van der Waals surface area contributed by atoms with Gasteiger partial charge in [-0.05, 0) is 37.8 Å². The van der Waals surface area contributed by atoms with Crippen molar-refractivity contribution in [3.63, 3.8) is 0 Å². The lowest BCUT2D eigenvalue weighted by Gasteiger charge is -2.32. The number of nitrogens with zero attached hydrogens (tertiary/aromatic N) is 1. The molecular formula is C18H26N2O3. The SMILES string of the molecule is O=C(NOC1CCCCO1)C1CCCN(Cc2ccccc2)C1. The molecule has 0 radical (unpaired) electrons. The van der Waals surface area contributed by atoms with Crippen LogP contribution in [0.5, 0.6) is 0 Å². The van der Waals surface area contributed by atoms with Gasteiger partial charge in [0.1, 0.15) is 0 Å². The van der Waals surface area contributed by atoms with Gasteiger partial charge in [-0.3, -0.25) is 9.69 Å². The molecule has 1 amide bonds. The Kier molecular flexibility index (Phi) is 6.02. The lowest BCUT2D eigenvalue weighted by atomic mass is 9.97. The average Bonchev–Trinajstić information content (AvgIpc) is 2.62. The number of likely N-dealkylation sites (tertiary alicyclic amines) is 1. The molecule has 5 heteroatoms. The first-order valence-corrected chi connectivity index (χ1v) is 8.64. The average molecular weight is 318 g/mol. The fourth-order valence-electron chi connectivity index (χ4n) is 3.27. The molecule has 1 N–H and O–H groups in total. The molecule has 0 bridgehead atoms. The van der Waals surface area contributed by atoms with E-state index in [2.05, 4.69) is 34.6 Å². The van der Waals surface area contributed by atoms with Crippen LogP contribution in [0.2, 0.25) is 0 Å². The zero-order valence-corrected chi connectivity index (χ0v) is 13.6. The van der Waals surface area contributed by atoms with Gasteiger partial charge in [-0.1, -0.05) is 30.3 Å². The van der Waals surface area contributed by atoms with Crippen molar-refractivity contribution in [1.82, 2.24) is 10.4 Å². The summed E-state index contributed by atoms with van der Waals surface area (Å²) < 4.78 is 5.47. The van der Waals surface area contributed by atoms with Gasteiger partial charge in [-0.25, -0.2) is 10.3 Å². The van der Waals surface area contributed by atoms with E-state index >= 15 is 0 Å². The number of amides is 1. The fourth-order valence-corrected chi connectivity index (χ4v) is 3.27. The molecule has 2 atom stereocenters. The molecule has 0 saturated carbocycles. The first kappa shape index (κ1) is 16.4.